The molecule has 1 atom stereocenters. The Morgan fingerprint density at radius 3 is 2.71 bits per heavy atom. The molecule has 0 saturated carbocycles. The predicted molar refractivity (Wildman–Crippen MR) is 110 cm³/mol. The van der Waals surface area contributed by atoms with Gasteiger partial charge in [-0.3, -0.25) is 0 Å². The van der Waals surface area contributed by atoms with Gasteiger partial charge >= 0.3 is 5.97 Å². The minimum Gasteiger partial charge on any atom is -0.476 e. The van der Waals surface area contributed by atoms with Crippen LogP contribution in [0.3, 0.4) is 0 Å². The van der Waals surface area contributed by atoms with Crippen molar-refractivity contribution in [2.24, 2.45) is 0 Å². The topological polar surface area (TPSA) is 109 Å². The van der Waals surface area contributed by atoms with Gasteiger partial charge in [0.15, 0.2) is 17.1 Å². The first-order valence-corrected chi connectivity index (χ1v) is 9.22. The number of rotatable bonds is 3. The van der Waals surface area contributed by atoms with Crippen molar-refractivity contribution in [2.45, 2.75) is 19.4 Å². The molecule has 2 aromatic carbocycles. The lowest BCUT2D eigenvalue weighted by molar-refractivity contribution is 0.0692. The average molecular weight is 417 g/mol. The van der Waals surface area contributed by atoms with Gasteiger partial charge in [-0.2, -0.15) is 0 Å². The summed E-state index contributed by atoms with van der Waals surface area (Å²) >= 11 is 0. The van der Waals surface area contributed by atoms with Crippen LogP contribution in [0, 0.1) is 24.6 Å². The second-order valence-electron chi connectivity index (χ2n) is 7.04. The molecule has 0 saturated heterocycles. The molecule has 0 amide bonds. The molecule has 0 unspecified atom stereocenters. The monoisotopic (exact) mass is 417 g/mol. The van der Waals surface area contributed by atoms with E-state index >= 15 is 0 Å². The second-order valence-corrected chi connectivity index (χ2v) is 7.04. The lowest BCUT2D eigenvalue weighted by atomic mass is 10.1. The molecule has 31 heavy (non-hydrogen) atoms. The van der Waals surface area contributed by atoms with E-state index in [0.717, 1.165) is 12.1 Å². The number of aliphatic hydroxyl groups is 1. The van der Waals surface area contributed by atoms with E-state index in [4.69, 9.17) is 4.42 Å². The molecular formula is C23H16FN3O4. The van der Waals surface area contributed by atoms with Crippen LogP contribution < -0.4 is 0 Å². The number of halogens is 1. The number of aromatic carboxylic acids is 1. The summed E-state index contributed by atoms with van der Waals surface area (Å²) in [5.74, 6) is 4.55. The number of carbonyl (C=O) groups is 1. The largest absolute Gasteiger partial charge is 0.476 e. The number of hydrogen-bond donors (Lipinski definition) is 2. The summed E-state index contributed by atoms with van der Waals surface area (Å²) in [7, 11) is 0. The van der Waals surface area contributed by atoms with Crippen molar-refractivity contribution in [3.63, 3.8) is 0 Å². The SMILES string of the molecule is Cc1cnc([C@@](C)(O)C#Cc2cccc(-c3nc(C(=O)O)c4ccc(F)cc4n3)c2)o1. The minimum atomic E-state index is -1.60. The van der Waals surface area contributed by atoms with Gasteiger partial charge in [-0.25, -0.2) is 24.1 Å². The first-order chi connectivity index (χ1) is 14.7. The Morgan fingerprint density at radius 1 is 1.19 bits per heavy atom. The van der Waals surface area contributed by atoms with Gasteiger partial charge < -0.3 is 14.6 Å². The van der Waals surface area contributed by atoms with E-state index in [1.165, 1.54) is 19.2 Å². The molecule has 0 aliphatic heterocycles. The molecule has 0 spiro atoms. The van der Waals surface area contributed by atoms with Gasteiger partial charge in [-0.15, -0.1) is 0 Å². The van der Waals surface area contributed by atoms with Gasteiger partial charge in [0, 0.05) is 22.6 Å². The predicted octanol–water partition coefficient (Wildman–Crippen LogP) is 3.69. The molecule has 0 radical (unpaired) electrons. The van der Waals surface area contributed by atoms with Crippen LogP contribution in [-0.4, -0.2) is 31.1 Å². The van der Waals surface area contributed by atoms with Crippen LogP contribution in [0.1, 0.15) is 34.6 Å². The Bertz CT molecular complexity index is 1380. The number of oxazole rings is 1. The van der Waals surface area contributed by atoms with Crippen LogP contribution in [0.25, 0.3) is 22.3 Å². The van der Waals surface area contributed by atoms with E-state index < -0.39 is 17.4 Å². The van der Waals surface area contributed by atoms with Gasteiger partial charge in [0.05, 0.1) is 11.7 Å². The number of carboxylic acid groups (broad SMARTS) is 1. The molecule has 0 aliphatic carbocycles. The third kappa shape index (κ3) is 4.13. The van der Waals surface area contributed by atoms with Crippen molar-refractivity contribution in [1.82, 2.24) is 15.0 Å². The smallest absolute Gasteiger partial charge is 0.355 e. The van der Waals surface area contributed by atoms with E-state index in [9.17, 15) is 19.4 Å². The van der Waals surface area contributed by atoms with Crippen molar-refractivity contribution < 1.29 is 23.8 Å². The molecule has 0 fully saturated rings. The molecular weight excluding hydrogens is 401 g/mol. The van der Waals surface area contributed by atoms with Crippen molar-refractivity contribution in [2.75, 3.05) is 0 Å². The third-order valence-corrected chi connectivity index (χ3v) is 4.47. The van der Waals surface area contributed by atoms with E-state index in [2.05, 4.69) is 26.8 Å². The Hall–Kier alpha value is -4.09. The molecule has 2 aromatic heterocycles. The maximum Gasteiger partial charge on any atom is 0.355 e. The highest BCUT2D eigenvalue weighted by Gasteiger charge is 2.26. The molecule has 7 nitrogen and oxygen atoms in total. The summed E-state index contributed by atoms with van der Waals surface area (Å²) in [6.45, 7) is 3.18. The highest BCUT2D eigenvalue weighted by Crippen LogP contribution is 2.24. The number of hydrogen-bond acceptors (Lipinski definition) is 6. The Balaban J connectivity index is 1.76. The molecule has 0 bridgehead atoms. The van der Waals surface area contributed by atoms with Crippen molar-refractivity contribution in [1.29, 1.82) is 0 Å². The van der Waals surface area contributed by atoms with Crippen molar-refractivity contribution in [3.8, 4) is 23.2 Å². The maximum absolute atomic E-state index is 13.7. The molecule has 8 heteroatoms. The lowest BCUT2D eigenvalue weighted by Crippen LogP contribution is -2.18. The normalized spacial score (nSPS) is 12.8. The van der Waals surface area contributed by atoms with E-state index in [0.29, 0.717) is 16.9 Å². The molecule has 2 N–H and O–H groups in total. The summed E-state index contributed by atoms with van der Waals surface area (Å²) in [6.07, 6.45) is 1.49. The zero-order valence-electron chi connectivity index (χ0n) is 16.5. The second kappa shape index (κ2) is 7.63. The van der Waals surface area contributed by atoms with E-state index in [1.54, 1.807) is 31.2 Å². The number of benzene rings is 2. The van der Waals surface area contributed by atoms with Gasteiger partial charge in [-0.05, 0) is 38.1 Å². The number of fused-ring (bicyclic) bond motifs is 1. The van der Waals surface area contributed by atoms with Crippen LogP contribution in [0.4, 0.5) is 4.39 Å². The van der Waals surface area contributed by atoms with Crippen molar-refractivity contribution in [3.05, 3.63) is 77.4 Å². The number of aryl methyl sites for hydroxylation is 1. The fraction of sp³-hybridized carbons (Fsp3) is 0.130. The van der Waals surface area contributed by atoms with Gasteiger partial charge in [0.25, 0.3) is 0 Å². The third-order valence-electron chi connectivity index (χ3n) is 4.47. The van der Waals surface area contributed by atoms with Crippen LogP contribution in [0.2, 0.25) is 0 Å². The van der Waals surface area contributed by atoms with Gasteiger partial charge in [0.1, 0.15) is 11.6 Å². The lowest BCUT2D eigenvalue weighted by Gasteiger charge is -2.11. The van der Waals surface area contributed by atoms with Crippen molar-refractivity contribution >= 4 is 16.9 Å². The zero-order chi connectivity index (χ0) is 22.2. The van der Waals surface area contributed by atoms with E-state index in [-0.39, 0.29) is 28.3 Å². The highest BCUT2D eigenvalue weighted by molar-refractivity contribution is 6.01. The summed E-state index contributed by atoms with van der Waals surface area (Å²) in [5.41, 5.74) is -0.620. The minimum absolute atomic E-state index is 0.0830. The first-order valence-electron chi connectivity index (χ1n) is 9.22. The van der Waals surface area contributed by atoms with Gasteiger partial charge in [-0.1, -0.05) is 24.0 Å². The fourth-order valence-corrected chi connectivity index (χ4v) is 2.96. The fourth-order valence-electron chi connectivity index (χ4n) is 2.96. The summed E-state index contributed by atoms with van der Waals surface area (Å²) in [5, 5.41) is 20.3. The molecule has 0 aliphatic rings. The van der Waals surface area contributed by atoms with E-state index in [1.807, 2.05) is 0 Å². The zero-order valence-corrected chi connectivity index (χ0v) is 16.5. The average Bonchev–Trinajstić information content (AvgIpc) is 3.19. The number of aromatic nitrogens is 3. The Morgan fingerprint density at radius 2 is 2.00 bits per heavy atom. The van der Waals surface area contributed by atoms with Gasteiger partial charge in [0.2, 0.25) is 5.89 Å². The standard InChI is InChI=1S/C23H16FN3O4/c1-13-12-25-22(31-13)23(2,30)9-8-14-4-3-5-15(10-14)20-26-18-11-16(24)6-7-17(18)19(27-20)21(28)29/h3-7,10-12,30H,1-2H3,(H,28,29)/t23-/m0/s1. The quantitative estimate of drug-likeness (QED) is 0.489. The van der Waals surface area contributed by atoms with Crippen LogP contribution in [0.15, 0.2) is 53.1 Å². The summed E-state index contributed by atoms with van der Waals surface area (Å²) in [4.78, 5) is 24.1. The first kappa shape index (κ1) is 20.2. The Labute approximate surface area is 176 Å². The molecule has 4 aromatic rings. The summed E-state index contributed by atoms with van der Waals surface area (Å²) < 4.78 is 19.0. The Kier molecular flexibility index (Phi) is 4.97. The van der Waals surface area contributed by atoms with Crippen LogP contribution >= 0.6 is 0 Å². The molecule has 154 valence electrons. The molecule has 4 rings (SSSR count). The number of carboxylic acids is 1. The maximum atomic E-state index is 13.7. The van der Waals surface area contributed by atoms with Crippen LogP contribution in [0.5, 0.6) is 0 Å². The highest BCUT2D eigenvalue weighted by atomic mass is 19.1. The summed E-state index contributed by atoms with van der Waals surface area (Å²) in [6, 6.07) is 10.4. The van der Waals surface area contributed by atoms with Crippen LogP contribution in [-0.2, 0) is 5.60 Å². The molecule has 2 heterocycles. The number of nitrogens with zero attached hydrogens (tertiary/aromatic N) is 3.